The lowest BCUT2D eigenvalue weighted by molar-refractivity contribution is 0.122. The van der Waals surface area contributed by atoms with Crippen molar-refractivity contribution in [1.29, 1.82) is 0 Å². The highest BCUT2D eigenvalue weighted by molar-refractivity contribution is 5.90. The maximum absolute atomic E-state index is 5.48. The number of aromatic amines is 1. The standard InChI is InChI=1S/C27H31N7O/c1-20-17-29-27-24(25(20)34-11-9-32(10-12-34)19-21-3-2-8-28-18-21)30-26(31-27)22-4-6-23(7-5-22)33-13-15-35-16-14-33/h2-8,17-18H,9-16,19H2,1H3,(H,29,30,31). The first kappa shape index (κ1) is 22.0. The number of hydrogen-bond acceptors (Lipinski definition) is 7. The number of aryl methyl sites for hydroxylation is 1. The summed E-state index contributed by atoms with van der Waals surface area (Å²) in [6.07, 6.45) is 5.74. The van der Waals surface area contributed by atoms with Gasteiger partial charge in [-0.1, -0.05) is 6.07 Å². The number of aromatic nitrogens is 4. The molecule has 8 nitrogen and oxygen atoms in total. The molecular formula is C27H31N7O. The van der Waals surface area contributed by atoms with E-state index in [2.05, 4.69) is 66.9 Å². The van der Waals surface area contributed by atoms with Crippen LogP contribution in [0.4, 0.5) is 11.4 Å². The van der Waals surface area contributed by atoms with Crippen molar-refractivity contribution in [2.75, 3.05) is 62.3 Å². The molecule has 0 saturated carbocycles. The molecule has 1 N–H and O–H groups in total. The average molecular weight is 470 g/mol. The van der Waals surface area contributed by atoms with Gasteiger partial charge in [0.05, 0.1) is 18.9 Å². The summed E-state index contributed by atoms with van der Waals surface area (Å²) in [5.41, 5.74) is 7.77. The molecule has 2 aliphatic heterocycles. The van der Waals surface area contributed by atoms with Crippen LogP contribution in [0.1, 0.15) is 11.1 Å². The van der Waals surface area contributed by atoms with Gasteiger partial charge in [-0.3, -0.25) is 9.88 Å². The Morgan fingerprint density at radius 2 is 1.71 bits per heavy atom. The molecule has 4 aromatic rings. The zero-order valence-corrected chi connectivity index (χ0v) is 20.2. The van der Waals surface area contributed by atoms with E-state index >= 15 is 0 Å². The molecule has 2 aliphatic rings. The van der Waals surface area contributed by atoms with E-state index in [4.69, 9.17) is 9.72 Å². The highest BCUT2D eigenvalue weighted by atomic mass is 16.5. The van der Waals surface area contributed by atoms with Crippen molar-refractivity contribution in [1.82, 2.24) is 24.8 Å². The fourth-order valence-corrected chi connectivity index (χ4v) is 5.11. The first-order valence-corrected chi connectivity index (χ1v) is 12.4. The van der Waals surface area contributed by atoms with Gasteiger partial charge in [0.15, 0.2) is 5.65 Å². The number of ether oxygens (including phenoxy) is 1. The number of pyridine rings is 2. The van der Waals surface area contributed by atoms with Crippen molar-refractivity contribution in [3.8, 4) is 11.4 Å². The van der Waals surface area contributed by atoms with Crippen LogP contribution in [0.25, 0.3) is 22.6 Å². The Morgan fingerprint density at radius 1 is 0.914 bits per heavy atom. The Hall–Kier alpha value is -3.49. The molecule has 6 rings (SSSR count). The van der Waals surface area contributed by atoms with Gasteiger partial charge in [-0.05, 0) is 48.4 Å². The normalized spacial score (nSPS) is 17.3. The summed E-state index contributed by atoms with van der Waals surface area (Å²) in [5.74, 6) is 0.864. The lowest BCUT2D eigenvalue weighted by Crippen LogP contribution is -2.46. The van der Waals surface area contributed by atoms with Crippen LogP contribution < -0.4 is 9.80 Å². The maximum atomic E-state index is 5.48. The number of piperazine rings is 1. The van der Waals surface area contributed by atoms with Gasteiger partial charge < -0.3 is 19.5 Å². The third-order valence-corrected chi connectivity index (χ3v) is 7.01. The summed E-state index contributed by atoms with van der Waals surface area (Å²) >= 11 is 0. The van der Waals surface area contributed by atoms with Gasteiger partial charge in [0.25, 0.3) is 0 Å². The van der Waals surface area contributed by atoms with Crippen molar-refractivity contribution < 1.29 is 4.74 Å². The van der Waals surface area contributed by atoms with Gasteiger partial charge in [-0.25, -0.2) is 9.97 Å². The van der Waals surface area contributed by atoms with Gasteiger partial charge in [0, 0.05) is 75.7 Å². The molecule has 180 valence electrons. The van der Waals surface area contributed by atoms with Gasteiger partial charge >= 0.3 is 0 Å². The molecule has 0 bridgehead atoms. The monoisotopic (exact) mass is 469 g/mol. The van der Waals surface area contributed by atoms with Crippen molar-refractivity contribution in [2.45, 2.75) is 13.5 Å². The van der Waals surface area contributed by atoms with Crippen molar-refractivity contribution >= 4 is 22.5 Å². The molecule has 0 unspecified atom stereocenters. The van der Waals surface area contributed by atoms with Gasteiger partial charge in [-0.15, -0.1) is 0 Å². The van der Waals surface area contributed by atoms with E-state index in [1.165, 1.54) is 22.5 Å². The minimum absolute atomic E-state index is 0.774. The molecule has 5 heterocycles. The fraction of sp³-hybridized carbons (Fsp3) is 0.370. The summed E-state index contributed by atoms with van der Waals surface area (Å²) in [4.78, 5) is 24.7. The van der Waals surface area contributed by atoms with Crippen molar-refractivity contribution in [3.05, 3.63) is 66.1 Å². The number of hydrogen-bond donors (Lipinski definition) is 1. The summed E-state index contributed by atoms with van der Waals surface area (Å²) in [6.45, 7) is 10.5. The Morgan fingerprint density at radius 3 is 2.46 bits per heavy atom. The molecule has 0 spiro atoms. The minimum atomic E-state index is 0.774. The van der Waals surface area contributed by atoms with Crippen LogP contribution in [-0.2, 0) is 11.3 Å². The Labute approximate surface area is 205 Å². The highest BCUT2D eigenvalue weighted by Crippen LogP contribution is 2.31. The van der Waals surface area contributed by atoms with Crippen molar-refractivity contribution in [3.63, 3.8) is 0 Å². The minimum Gasteiger partial charge on any atom is -0.378 e. The predicted octanol–water partition coefficient (Wildman–Crippen LogP) is 3.49. The second-order valence-electron chi connectivity index (χ2n) is 9.34. The van der Waals surface area contributed by atoms with E-state index in [0.717, 1.165) is 81.6 Å². The lowest BCUT2D eigenvalue weighted by atomic mass is 10.1. The molecule has 0 radical (unpaired) electrons. The molecule has 0 atom stereocenters. The van der Waals surface area contributed by atoms with Crippen LogP contribution in [0.3, 0.4) is 0 Å². The van der Waals surface area contributed by atoms with Crippen LogP contribution in [0.5, 0.6) is 0 Å². The highest BCUT2D eigenvalue weighted by Gasteiger charge is 2.22. The van der Waals surface area contributed by atoms with E-state index in [-0.39, 0.29) is 0 Å². The Balaban J connectivity index is 1.21. The molecule has 2 fully saturated rings. The number of H-pyrrole nitrogens is 1. The quantitative estimate of drug-likeness (QED) is 0.480. The number of fused-ring (bicyclic) bond motifs is 1. The number of anilines is 2. The molecule has 8 heteroatoms. The molecular weight excluding hydrogens is 438 g/mol. The van der Waals surface area contributed by atoms with Crippen LogP contribution in [-0.4, -0.2) is 77.3 Å². The zero-order chi connectivity index (χ0) is 23.6. The summed E-state index contributed by atoms with van der Waals surface area (Å²) < 4.78 is 5.48. The first-order chi connectivity index (χ1) is 17.2. The van der Waals surface area contributed by atoms with Gasteiger partial charge in [0.1, 0.15) is 11.3 Å². The van der Waals surface area contributed by atoms with Gasteiger partial charge in [-0.2, -0.15) is 0 Å². The van der Waals surface area contributed by atoms with Crippen LogP contribution in [0.15, 0.2) is 55.0 Å². The number of benzene rings is 1. The fourth-order valence-electron chi connectivity index (χ4n) is 5.11. The van der Waals surface area contributed by atoms with E-state index in [0.29, 0.717) is 0 Å². The average Bonchev–Trinajstić information content (AvgIpc) is 3.35. The largest absolute Gasteiger partial charge is 0.378 e. The zero-order valence-electron chi connectivity index (χ0n) is 20.2. The molecule has 0 amide bonds. The summed E-state index contributed by atoms with van der Waals surface area (Å²) in [7, 11) is 0. The van der Waals surface area contributed by atoms with Crippen LogP contribution >= 0.6 is 0 Å². The smallest absolute Gasteiger partial charge is 0.180 e. The number of morpholine rings is 1. The first-order valence-electron chi connectivity index (χ1n) is 12.4. The molecule has 0 aliphatic carbocycles. The van der Waals surface area contributed by atoms with E-state index in [9.17, 15) is 0 Å². The molecule has 35 heavy (non-hydrogen) atoms. The third kappa shape index (κ3) is 4.59. The number of imidazole rings is 1. The summed E-state index contributed by atoms with van der Waals surface area (Å²) in [5, 5.41) is 0. The molecule has 1 aromatic carbocycles. The van der Waals surface area contributed by atoms with Crippen LogP contribution in [0.2, 0.25) is 0 Å². The maximum Gasteiger partial charge on any atom is 0.180 e. The number of rotatable bonds is 5. The lowest BCUT2D eigenvalue weighted by Gasteiger charge is -2.36. The molecule has 2 saturated heterocycles. The van der Waals surface area contributed by atoms with E-state index < -0.39 is 0 Å². The second kappa shape index (κ2) is 9.64. The summed E-state index contributed by atoms with van der Waals surface area (Å²) in [6, 6.07) is 12.8. The molecule has 3 aromatic heterocycles. The number of nitrogens with zero attached hydrogens (tertiary/aromatic N) is 6. The Kier molecular flexibility index (Phi) is 6.06. The predicted molar refractivity (Wildman–Crippen MR) is 139 cm³/mol. The van der Waals surface area contributed by atoms with E-state index in [1.54, 1.807) is 0 Å². The number of nitrogens with one attached hydrogen (secondary N) is 1. The van der Waals surface area contributed by atoms with E-state index in [1.807, 2.05) is 24.7 Å². The second-order valence-corrected chi connectivity index (χ2v) is 9.34. The third-order valence-electron chi connectivity index (χ3n) is 7.01. The SMILES string of the molecule is Cc1cnc2nc(-c3ccc(N4CCOCC4)cc3)[nH]c2c1N1CCN(Cc2cccnc2)CC1. The van der Waals surface area contributed by atoms with Crippen LogP contribution in [0, 0.1) is 6.92 Å². The Bertz CT molecular complexity index is 1270. The van der Waals surface area contributed by atoms with Crippen molar-refractivity contribution in [2.24, 2.45) is 0 Å². The van der Waals surface area contributed by atoms with Gasteiger partial charge in [0.2, 0.25) is 0 Å². The topological polar surface area (TPSA) is 73.4 Å².